The summed E-state index contributed by atoms with van der Waals surface area (Å²) in [6.07, 6.45) is 5.09. The van der Waals surface area contributed by atoms with Crippen LogP contribution >= 0.6 is 0 Å². The molecule has 3 aromatic rings. The molecule has 0 saturated carbocycles. The van der Waals surface area contributed by atoms with Crippen molar-refractivity contribution in [2.75, 3.05) is 11.4 Å². The molecule has 0 saturated heterocycles. The van der Waals surface area contributed by atoms with Crippen LogP contribution in [0.15, 0.2) is 78.0 Å². The zero-order chi connectivity index (χ0) is 31.5. The third kappa shape index (κ3) is 6.13. The van der Waals surface area contributed by atoms with Crippen LogP contribution in [0.5, 0.6) is 0 Å². The fourth-order valence-electron chi connectivity index (χ4n) is 6.50. The van der Waals surface area contributed by atoms with Gasteiger partial charge in [0.25, 0.3) is 5.91 Å². The SMILES string of the molecule is CCN1c2ccc(C(=O)c3cccc4ccccc34)cc2C2CC(/C(CC(C)N(OC(C)=O)C(C)=O)=N/OC(C)=O)C=CC21. The van der Waals surface area contributed by atoms with Crippen molar-refractivity contribution in [3.05, 3.63) is 89.5 Å². The van der Waals surface area contributed by atoms with E-state index in [9.17, 15) is 19.2 Å². The Morgan fingerprint density at radius 2 is 1.73 bits per heavy atom. The number of fused-ring (bicyclic) bond motifs is 4. The Labute approximate surface area is 257 Å². The van der Waals surface area contributed by atoms with Crippen LogP contribution < -0.4 is 4.90 Å². The maximum atomic E-state index is 13.8. The van der Waals surface area contributed by atoms with Gasteiger partial charge in [-0.1, -0.05) is 59.8 Å². The quantitative estimate of drug-likeness (QED) is 0.104. The molecule has 44 heavy (non-hydrogen) atoms. The van der Waals surface area contributed by atoms with Gasteiger partial charge in [0.2, 0.25) is 0 Å². The number of hydrogen-bond donors (Lipinski definition) is 0. The molecule has 2 aliphatic rings. The van der Waals surface area contributed by atoms with Crippen LogP contribution in [0.4, 0.5) is 5.69 Å². The first-order chi connectivity index (χ1) is 21.1. The van der Waals surface area contributed by atoms with E-state index in [1.54, 1.807) is 6.92 Å². The minimum absolute atomic E-state index is 0.0280. The zero-order valence-corrected chi connectivity index (χ0v) is 25.7. The fraction of sp³-hybridized carbons (Fsp3) is 0.343. The van der Waals surface area contributed by atoms with E-state index in [0.717, 1.165) is 33.6 Å². The Hall–Kier alpha value is -4.79. The monoisotopic (exact) mass is 595 g/mol. The Bertz CT molecular complexity index is 1670. The lowest BCUT2D eigenvalue weighted by atomic mass is 9.77. The maximum absolute atomic E-state index is 13.8. The molecule has 1 heterocycles. The van der Waals surface area contributed by atoms with Crippen LogP contribution in [0.25, 0.3) is 10.8 Å². The minimum Gasteiger partial charge on any atom is -0.365 e. The first-order valence-corrected chi connectivity index (χ1v) is 14.9. The van der Waals surface area contributed by atoms with Gasteiger partial charge in [-0.05, 0) is 54.8 Å². The number of amides is 1. The van der Waals surface area contributed by atoms with E-state index in [2.05, 4.69) is 29.1 Å². The normalized spacial score (nSPS) is 19.6. The van der Waals surface area contributed by atoms with Gasteiger partial charge >= 0.3 is 11.9 Å². The second-order valence-electron chi connectivity index (χ2n) is 11.4. The Balaban J connectivity index is 1.47. The van der Waals surface area contributed by atoms with E-state index < -0.39 is 23.9 Å². The standard InChI is InChI=1S/C35H37N3O6/c1-6-37-33-16-14-26(32(36-43-23(4)40)18-21(2)38(22(3)39)44-24(5)41)19-30(33)31-20-27(15-17-34(31)37)35(42)29-13-9-11-25-10-7-8-12-28(25)29/h7-17,20-21,26,30,33H,6,18-19H2,1-5H3/b36-32+. The van der Waals surface area contributed by atoms with E-state index >= 15 is 0 Å². The first kappa shape index (κ1) is 30.7. The largest absolute Gasteiger partial charge is 0.365 e. The van der Waals surface area contributed by atoms with Crippen molar-refractivity contribution < 1.29 is 28.9 Å². The molecule has 0 fully saturated rings. The van der Waals surface area contributed by atoms with E-state index in [1.165, 1.54) is 20.8 Å². The molecule has 9 nitrogen and oxygen atoms in total. The summed E-state index contributed by atoms with van der Waals surface area (Å²) < 4.78 is 0. The summed E-state index contributed by atoms with van der Waals surface area (Å²) in [5, 5.41) is 7.16. The fourth-order valence-corrected chi connectivity index (χ4v) is 6.50. The van der Waals surface area contributed by atoms with Crippen LogP contribution in [-0.2, 0) is 24.1 Å². The molecule has 228 valence electrons. The van der Waals surface area contributed by atoms with E-state index in [1.807, 2.05) is 60.7 Å². The minimum atomic E-state index is -0.609. The molecule has 5 rings (SSSR count). The number of hydroxylamine groups is 2. The number of allylic oxidation sites excluding steroid dienone is 1. The topological polar surface area (TPSA) is 106 Å². The number of nitrogens with zero attached hydrogens (tertiary/aromatic N) is 3. The van der Waals surface area contributed by atoms with Crippen molar-refractivity contribution in [2.45, 2.75) is 65.5 Å². The van der Waals surface area contributed by atoms with Crippen LogP contribution in [-0.4, -0.2) is 53.0 Å². The van der Waals surface area contributed by atoms with Crippen LogP contribution in [0.1, 0.15) is 74.9 Å². The van der Waals surface area contributed by atoms with Crippen molar-refractivity contribution in [3.63, 3.8) is 0 Å². The molecular weight excluding hydrogens is 558 g/mol. The number of oxime groups is 1. The number of ketones is 1. The predicted molar refractivity (Wildman–Crippen MR) is 168 cm³/mol. The number of carbonyl (C=O) groups excluding carboxylic acids is 4. The molecule has 0 radical (unpaired) electrons. The number of hydrogen-bond acceptors (Lipinski definition) is 8. The molecule has 4 unspecified atom stereocenters. The lowest BCUT2D eigenvalue weighted by Crippen LogP contribution is -2.41. The third-order valence-electron chi connectivity index (χ3n) is 8.36. The van der Waals surface area contributed by atoms with Gasteiger partial charge in [-0.2, -0.15) is 5.06 Å². The van der Waals surface area contributed by atoms with Crippen LogP contribution in [0.3, 0.4) is 0 Å². The van der Waals surface area contributed by atoms with Crippen molar-refractivity contribution in [3.8, 4) is 0 Å². The van der Waals surface area contributed by atoms with Crippen molar-refractivity contribution in [1.29, 1.82) is 0 Å². The number of likely N-dealkylation sites (N-methyl/N-ethyl adjacent to an activating group) is 1. The van der Waals surface area contributed by atoms with Gasteiger partial charge in [0.15, 0.2) is 5.78 Å². The highest BCUT2D eigenvalue weighted by Crippen LogP contribution is 2.48. The van der Waals surface area contributed by atoms with Crippen molar-refractivity contribution in [1.82, 2.24) is 5.06 Å². The highest BCUT2D eigenvalue weighted by molar-refractivity contribution is 6.16. The van der Waals surface area contributed by atoms with Gasteiger partial charge in [0.05, 0.1) is 17.8 Å². The highest BCUT2D eigenvalue weighted by atomic mass is 16.7. The van der Waals surface area contributed by atoms with E-state index in [0.29, 0.717) is 23.3 Å². The van der Waals surface area contributed by atoms with E-state index in [-0.39, 0.29) is 30.1 Å². The molecular formula is C35H37N3O6. The first-order valence-electron chi connectivity index (χ1n) is 14.9. The summed E-state index contributed by atoms with van der Waals surface area (Å²) in [5.74, 6) is -1.79. The molecule has 0 bridgehead atoms. The third-order valence-corrected chi connectivity index (χ3v) is 8.36. The number of benzene rings is 3. The summed E-state index contributed by atoms with van der Waals surface area (Å²) in [6, 6.07) is 19.2. The summed E-state index contributed by atoms with van der Waals surface area (Å²) in [7, 11) is 0. The second kappa shape index (κ2) is 12.8. The van der Waals surface area contributed by atoms with Gasteiger partial charge in [-0.25, -0.2) is 4.79 Å². The average molecular weight is 596 g/mol. The van der Waals surface area contributed by atoms with Gasteiger partial charge in [-0.15, -0.1) is 0 Å². The maximum Gasteiger partial charge on any atom is 0.331 e. The Morgan fingerprint density at radius 3 is 2.43 bits per heavy atom. The lowest BCUT2D eigenvalue weighted by molar-refractivity contribution is -0.202. The van der Waals surface area contributed by atoms with E-state index in [4.69, 9.17) is 9.68 Å². The molecule has 3 aromatic carbocycles. The lowest BCUT2D eigenvalue weighted by Gasteiger charge is -2.33. The second-order valence-corrected chi connectivity index (χ2v) is 11.4. The van der Waals surface area contributed by atoms with Gasteiger partial charge in [0.1, 0.15) is 0 Å². The number of carbonyl (C=O) groups is 4. The van der Waals surface area contributed by atoms with Crippen LogP contribution in [0, 0.1) is 5.92 Å². The Morgan fingerprint density at radius 1 is 0.977 bits per heavy atom. The smallest absolute Gasteiger partial charge is 0.331 e. The number of rotatable bonds is 8. The molecule has 0 spiro atoms. The molecule has 1 aliphatic carbocycles. The van der Waals surface area contributed by atoms with Gasteiger partial charge < -0.3 is 14.6 Å². The average Bonchev–Trinajstić information content (AvgIpc) is 3.32. The van der Waals surface area contributed by atoms with Crippen molar-refractivity contribution in [2.24, 2.45) is 11.1 Å². The molecule has 9 heteroatoms. The summed E-state index contributed by atoms with van der Waals surface area (Å²) in [5.41, 5.74) is 4.03. The summed E-state index contributed by atoms with van der Waals surface area (Å²) in [6.45, 7) is 8.48. The van der Waals surface area contributed by atoms with Gasteiger partial charge in [-0.3, -0.25) is 14.4 Å². The van der Waals surface area contributed by atoms with Crippen LogP contribution in [0.2, 0.25) is 0 Å². The Kier molecular flexibility index (Phi) is 8.94. The zero-order valence-electron chi connectivity index (χ0n) is 25.7. The summed E-state index contributed by atoms with van der Waals surface area (Å²) >= 11 is 0. The highest BCUT2D eigenvalue weighted by Gasteiger charge is 2.41. The number of anilines is 1. The predicted octanol–water partition coefficient (Wildman–Crippen LogP) is 5.96. The molecule has 1 amide bonds. The summed E-state index contributed by atoms with van der Waals surface area (Å²) in [4.78, 5) is 62.0. The molecule has 0 aromatic heterocycles. The van der Waals surface area contributed by atoms with Crippen molar-refractivity contribution >= 4 is 45.8 Å². The molecule has 4 atom stereocenters. The van der Waals surface area contributed by atoms with Gasteiger partial charge in [0, 0.05) is 62.4 Å². The molecule has 0 N–H and O–H groups in total. The molecule has 1 aliphatic heterocycles.